The zero-order valence-corrected chi connectivity index (χ0v) is 15.2. The first-order valence-electron chi connectivity index (χ1n) is 9.58. The van der Waals surface area contributed by atoms with Gasteiger partial charge < -0.3 is 14.9 Å². The smallest absolute Gasteiger partial charge is 0.257 e. The molecule has 2 fully saturated rings. The second-order valence-electron chi connectivity index (χ2n) is 7.08. The third-order valence-corrected chi connectivity index (χ3v) is 5.27. The summed E-state index contributed by atoms with van der Waals surface area (Å²) in [5, 5.41) is 9.81. The first-order valence-corrected chi connectivity index (χ1v) is 9.58. The summed E-state index contributed by atoms with van der Waals surface area (Å²) >= 11 is 0. The lowest BCUT2D eigenvalue weighted by molar-refractivity contribution is 0.0524. The molecule has 2 aliphatic heterocycles. The summed E-state index contributed by atoms with van der Waals surface area (Å²) in [6.07, 6.45) is 5.88. The molecule has 0 unspecified atom stereocenters. The number of carbonyl (C=O) groups excluding carboxylic acids is 1. The Morgan fingerprint density at radius 1 is 1.16 bits per heavy atom. The van der Waals surface area contributed by atoms with Crippen molar-refractivity contribution in [1.29, 1.82) is 0 Å². The molecule has 25 heavy (non-hydrogen) atoms. The highest BCUT2D eigenvalue weighted by molar-refractivity contribution is 5.99. The molecule has 1 aromatic heterocycles. The predicted molar refractivity (Wildman–Crippen MR) is 98.9 cm³/mol. The van der Waals surface area contributed by atoms with Crippen LogP contribution in [0.5, 0.6) is 0 Å². The second kappa shape index (κ2) is 8.63. The molecule has 3 heterocycles. The Kier molecular flexibility index (Phi) is 6.26. The number of nitrogens with zero attached hydrogens (tertiary/aromatic N) is 4. The van der Waals surface area contributed by atoms with E-state index in [9.17, 15) is 9.90 Å². The van der Waals surface area contributed by atoms with Gasteiger partial charge in [0.15, 0.2) is 0 Å². The topological polar surface area (TPSA) is 59.9 Å². The second-order valence-corrected chi connectivity index (χ2v) is 7.08. The number of hydrogen-bond donors (Lipinski definition) is 1. The molecule has 0 spiro atoms. The summed E-state index contributed by atoms with van der Waals surface area (Å²) in [5.41, 5.74) is 0.728. The minimum absolute atomic E-state index is 0.0874. The number of β-amino-alcohol motifs (C(OH)–C–C–N with tert-alkyl or cyclic N) is 1. The maximum absolute atomic E-state index is 13.0. The van der Waals surface area contributed by atoms with Gasteiger partial charge in [0.2, 0.25) is 0 Å². The lowest BCUT2D eigenvalue weighted by Crippen LogP contribution is -2.50. The number of piperazine rings is 1. The molecule has 3 rings (SSSR count). The minimum Gasteiger partial charge on any atom is -0.392 e. The molecule has 0 saturated carbocycles. The molecule has 6 nitrogen and oxygen atoms in total. The minimum atomic E-state index is -0.272. The largest absolute Gasteiger partial charge is 0.392 e. The van der Waals surface area contributed by atoms with Crippen LogP contribution in [0.25, 0.3) is 0 Å². The standard InChI is InChI=1S/C19H30N4O2/c1-2-16(24)15-21-11-13-23(14-12-21)19(25)17-7-6-8-20-18(17)22-9-4-3-5-10-22/h6-8,16,24H,2-5,9-15H2,1H3/t16-/m0/s1. The molecule has 1 atom stereocenters. The van der Waals surface area contributed by atoms with Crippen LogP contribution in [0.3, 0.4) is 0 Å². The van der Waals surface area contributed by atoms with E-state index < -0.39 is 0 Å². The van der Waals surface area contributed by atoms with E-state index in [-0.39, 0.29) is 12.0 Å². The Labute approximate surface area is 150 Å². The van der Waals surface area contributed by atoms with E-state index in [1.165, 1.54) is 19.3 Å². The molecule has 1 amide bonds. The van der Waals surface area contributed by atoms with Gasteiger partial charge in [-0.25, -0.2) is 4.98 Å². The highest BCUT2D eigenvalue weighted by Crippen LogP contribution is 2.23. The average molecular weight is 346 g/mol. The molecule has 0 aliphatic carbocycles. The summed E-state index contributed by atoms with van der Waals surface area (Å²) in [6, 6.07) is 3.76. The van der Waals surface area contributed by atoms with E-state index in [1.807, 2.05) is 24.0 Å². The maximum atomic E-state index is 13.0. The molecular weight excluding hydrogens is 316 g/mol. The summed E-state index contributed by atoms with van der Waals surface area (Å²) in [4.78, 5) is 24.0. The van der Waals surface area contributed by atoms with Gasteiger partial charge in [-0.1, -0.05) is 6.92 Å². The Bertz CT molecular complexity index is 566. The van der Waals surface area contributed by atoms with Crippen molar-refractivity contribution >= 4 is 11.7 Å². The van der Waals surface area contributed by atoms with Crippen molar-refractivity contribution in [3.63, 3.8) is 0 Å². The van der Waals surface area contributed by atoms with Gasteiger partial charge in [0.05, 0.1) is 11.7 Å². The van der Waals surface area contributed by atoms with Crippen LogP contribution in [0.2, 0.25) is 0 Å². The quantitative estimate of drug-likeness (QED) is 0.878. The van der Waals surface area contributed by atoms with Crippen LogP contribution >= 0.6 is 0 Å². The Morgan fingerprint density at radius 2 is 1.88 bits per heavy atom. The van der Waals surface area contributed by atoms with Gasteiger partial charge in [0.25, 0.3) is 5.91 Å². The van der Waals surface area contributed by atoms with E-state index >= 15 is 0 Å². The Balaban J connectivity index is 1.64. The van der Waals surface area contributed by atoms with Crippen molar-refractivity contribution in [1.82, 2.24) is 14.8 Å². The van der Waals surface area contributed by atoms with Gasteiger partial charge in [-0.3, -0.25) is 9.69 Å². The molecular formula is C19H30N4O2. The van der Waals surface area contributed by atoms with Gasteiger partial charge in [-0.2, -0.15) is 0 Å². The van der Waals surface area contributed by atoms with E-state index in [2.05, 4.69) is 14.8 Å². The van der Waals surface area contributed by atoms with Gasteiger partial charge in [0, 0.05) is 52.0 Å². The number of aliphatic hydroxyl groups excluding tert-OH is 1. The number of amides is 1. The van der Waals surface area contributed by atoms with Crippen LogP contribution in [-0.4, -0.2) is 77.7 Å². The third kappa shape index (κ3) is 4.50. The molecule has 0 radical (unpaired) electrons. The Morgan fingerprint density at radius 3 is 2.56 bits per heavy atom. The van der Waals surface area contributed by atoms with Crippen LogP contribution in [0.4, 0.5) is 5.82 Å². The highest BCUT2D eigenvalue weighted by atomic mass is 16.3. The molecule has 2 aliphatic rings. The molecule has 6 heteroatoms. The zero-order valence-electron chi connectivity index (χ0n) is 15.2. The maximum Gasteiger partial charge on any atom is 0.257 e. The van der Waals surface area contributed by atoms with Gasteiger partial charge in [0.1, 0.15) is 5.82 Å². The van der Waals surface area contributed by atoms with Crippen LogP contribution in [-0.2, 0) is 0 Å². The number of carbonyl (C=O) groups is 1. The van der Waals surface area contributed by atoms with Crippen molar-refractivity contribution in [2.75, 3.05) is 50.7 Å². The zero-order chi connectivity index (χ0) is 17.6. The molecule has 1 N–H and O–H groups in total. The molecule has 138 valence electrons. The number of aliphatic hydroxyl groups is 1. The van der Waals surface area contributed by atoms with Crippen LogP contribution in [0.15, 0.2) is 18.3 Å². The molecule has 2 saturated heterocycles. The number of aromatic nitrogens is 1. The third-order valence-electron chi connectivity index (χ3n) is 5.27. The van der Waals surface area contributed by atoms with Crippen molar-refractivity contribution in [2.45, 2.75) is 38.7 Å². The van der Waals surface area contributed by atoms with E-state index in [4.69, 9.17) is 0 Å². The summed E-state index contributed by atoms with van der Waals surface area (Å²) < 4.78 is 0. The Hall–Kier alpha value is -1.66. The van der Waals surface area contributed by atoms with E-state index in [0.29, 0.717) is 19.6 Å². The van der Waals surface area contributed by atoms with Crippen LogP contribution < -0.4 is 4.90 Å². The SMILES string of the molecule is CC[C@H](O)CN1CCN(C(=O)c2cccnc2N2CCCCC2)CC1. The first kappa shape index (κ1) is 18.1. The molecule has 1 aromatic rings. The predicted octanol–water partition coefficient (Wildman–Crippen LogP) is 1.60. The lowest BCUT2D eigenvalue weighted by Gasteiger charge is -2.36. The van der Waals surface area contributed by atoms with Gasteiger partial charge in [-0.15, -0.1) is 0 Å². The molecule has 0 aromatic carbocycles. The summed E-state index contributed by atoms with van der Waals surface area (Å²) in [6.45, 7) is 7.73. The van der Waals surface area contributed by atoms with Crippen molar-refractivity contribution in [3.8, 4) is 0 Å². The fraction of sp³-hybridized carbons (Fsp3) is 0.684. The van der Waals surface area contributed by atoms with E-state index in [0.717, 1.165) is 44.0 Å². The first-order chi connectivity index (χ1) is 12.2. The van der Waals surface area contributed by atoms with Crippen LogP contribution in [0.1, 0.15) is 43.0 Å². The number of rotatable bonds is 5. The number of hydrogen-bond acceptors (Lipinski definition) is 5. The fourth-order valence-electron chi connectivity index (χ4n) is 3.65. The summed E-state index contributed by atoms with van der Waals surface area (Å²) in [7, 11) is 0. The van der Waals surface area contributed by atoms with Crippen molar-refractivity contribution in [2.24, 2.45) is 0 Å². The number of anilines is 1. The monoisotopic (exact) mass is 346 g/mol. The molecule has 0 bridgehead atoms. The van der Waals surface area contributed by atoms with Crippen LogP contribution in [0, 0.1) is 0 Å². The van der Waals surface area contributed by atoms with Crippen molar-refractivity contribution < 1.29 is 9.90 Å². The summed E-state index contributed by atoms with van der Waals surface area (Å²) in [5.74, 6) is 0.931. The van der Waals surface area contributed by atoms with E-state index in [1.54, 1.807) is 6.20 Å². The highest BCUT2D eigenvalue weighted by Gasteiger charge is 2.26. The number of piperidine rings is 1. The number of pyridine rings is 1. The van der Waals surface area contributed by atoms with Crippen molar-refractivity contribution in [3.05, 3.63) is 23.9 Å². The van der Waals surface area contributed by atoms with Gasteiger partial charge in [-0.05, 0) is 37.8 Å². The average Bonchev–Trinajstić information content (AvgIpc) is 2.68. The fourth-order valence-corrected chi connectivity index (χ4v) is 3.65. The normalized spacial score (nSPS) is 20.6. The lowest BCUT2D eigenvalue weighted by atomic mass is 10.1. The van der Waals surface area contributed by atoms with Gasteiger partial charge >= 0.3 is 0 Å².